The molecule has 0 aromatic carbocycles. The molecule has 0 nitrogen and oxygen atoms in total. The van der Waals surface area contributed by atoms with E-state index in [4.69, 9.17) is 0 Å². The molecule has 0 bridgehead atoms. The number of rotatable bonds is 4. The number of hydrogen-bond donors (Lipinski definition) is 0. The van der Waals surface area contributed by atoms with E-state index in [0.717, 1.165) is 0 Å². The van der Waals surface area contributed by atoms with Gasteiger partial charge in [-0.2, -0.15) is 0 Å². The van der Waals surface area contributed by atoms with Crippen LogP contribution in [0.1, 0.15) is 24.6 Å². The van der Waals surface area contributed by atoms with E-state index in [2.05, 4.69) is 48.7 Å². The van der Waals surface area contributed by atoms with Gasteiger partial charge in [0.2, 0.25) is 0 Å². The molecular weight excluding hydrogens is 164 g/mol. The largest absolute Gasteiger partial charge is 0.144 e. The molecule has 0 aliphatic heterocycles. The van der Waals surface area contributed by atoms with Crippen LogP contribution in [-0.4, -0.2) is 0 Å². The maximum Gasteiger partial charge on any atom is 0.0270 e. The molecule has 64 valence electrons. The molecule has 0 amide bonds. The minimum absolute atomic E-state index is 1.18. The molecule has 0 aliphatic carbocycles. The van der Waals surface area contributed by atoms with Gasteiger partial charge in [-0.05, 0) is 23.9 Å². The highest BCUT2D eigenvalue weighted by Crippen LogP contribution is 2.09. The van der Waals surface area contributed by atoms with Crippen LogP contribution in [0.2, 0.25) is 0 Å². The second kappa shape index (κ2) is 5.78. The lowest BCUT2D eigenvalue weighted by atomic mass is 10.3. The third-order valence-electron chi connectivity index (χ3n) is 1.51. The predicted molar refractivity (Wildman–Crippen MR) is 57.4 cm³/mol. The van der Waals surface area contributed by atoms with Gasteiger partial charge in [0.15, 0.2) is 0 Å². The second-order valence-electron chi connectivity index (χ2n) is 2.59. The number of hydrogen-bond acceptors (Lipinski definition) is 1. The van der Waals surface area contributed by atoms with Crippen molar-refractivity contribution in [2.24, 2.45) is 0 Å². The van der Waals surface area contributed by atoms with Crippen molar-refractivity contribution in [3.8, 4) is 0 Å². The van der Waals surface area contributed by atoms with E-state index < -0.39 is 0 Å². The van der Waals surface area contributed by atoms with Gasteiger partial charge in [0.25, 0.3) is 0 Å². The Kier molecular flexibility index (Phi) is 4.47. The standard InChI is InChI=1S/C11H14S/c1-2-3-4-5-6-8-11-9-7-10-12-11/h4-10H,2-3H2,1H3/b5-4+,8-6+. The fourth-order valence-electron chi connectivity index (χ4n) is 0.878. The third kappa shape index (κ3) is 3.54. The van der Waals surface area contributed by atoms with Crippen LogP contribution in [0.4, 0.5) is 0 Å². The lowest BCUT2D eigenvalue weighted by Gasteiger charge is -1.81. The van der Waals surface area contributed by atoms with Crippen molar-refractivity contribution in [2.45, 2.75) is 19.8 Å². The van der Waals surface area contributed by atoms with Gasteiger partial charge in [-0.1, -0.05) is 37.6 Å². The average molecular weight is 178 g/mol. The summed E-state index contributed by atoms with van der Waals surface area (Å²) in [5.41, 5.74) is 0. The average Bonchev–Trinajstić information content (AvgIpc) is 2.57. The summed E-state index contributed by atoms with van der Waals surface area (Å²) in [4.78, 5) is 1.32. The second-order valence-corrected chi connectivity index (χ2v) is 3.57. The van der Waals surface area contributed by atoms with Crippen LogP contribution in [0.25, 0.3) is 6.08 Å². The highest BCUT2D eigenvalue weighted by molar-refractivity contribution is 7.10. The van der Waals surface area contributed by atoms with Gasteiger partial charge >= 0.3 is 0 Å². The topological polar surface area (TPSA) is 0 Å². The summed E-state index contributed by atoms with van der Waals surface area (Å²) in [7, 11) is 0. The Balaban J connectivity index is 2.31. The van der Waals surface area contributed by atoms with Crippen molar-refractivity contribution in [1.82, 2.24) is 0 Å². The maximum absolute atomic E-state index is 2.20. The summed E-state index contributed by atoms with van der Waals surface area (Å²) < 4.78 is 0. The van der Waals surface area contributed by atoms with Crippen molar-refractivity contribution >= 4 is 17.4 Å². The Morgan fingerprint density at radius 1 is 1.42 bits per heavy atom. The zero-order valence-electron chi connectivity index (χ0n) is 7.36. The Morgan fingerprint density at radius 2 is 2.33 bits per heavy atom. The van der Waals surface area contributed by atoms with Crippen LogP contribution < -0.4 is 0 Å². The number of thiophene rings is 1. The van der Waals surface area contributed by atoms with E-state index in [1.165, 1.54) is 17.7 Å². The van der Waals surface area contributed by atoms with E-state index in [1.807, 2.05) is 0 Å². The molecule has 1 heterocycles. The van der Waals surface area contributed by atoms with Crippen LogP contribution in [0.15, 0.2) is 35.7 Å². The van der Waals surface area contributed by atoms with E-state index in [0.29, 0.717) is 0 Å². The van der Waals surface area contributed by atoms with Crippen molar-refractivity contribution in [1.29, 1.82) is 0 Å². The molecule has 0 radical (unpaired) electrons. The Bertz CT molecular complexity index is 242. The van der Waals surface area contributed by atoms with E-state index in [-0.39, 0.29) is 0 Å². The first-order chi connectivity index (χ1) is 5.93. The Hall–Kier alpha value is -0.820. The minimum atomic E-state index is 1.18. The van der Waals surface area contributed by atoms with Crippen LogP contribution in [0.3, 0.4) is 0 Å². The molecule has 0 saturated carbocycles. The first-order valence-electron chi connectivity index (χ1n) is 4.30. The molecule has 1 rings (SSSR count). The molecule has 1 heteroatoms. The van der Waals surface area contributed by atoms with Crippen molar-refractivity contribution in [3.05, 3.63) is 40.6 Å². The maximum atomic E-state index is 2.20. The first-order valence-corrected chi connectivity index (χ1v) is 5.18. The highest BCUT2D eigenvalue weighted by Gasteiger charge is 1.81. The van der Waals surface area contributed by atoms with Gasteiger partial charge in [0.05, 0.1) is 0 Å². The molecule has 0 spiro atoms. The quantitative estimate of drug-likeness (QED) is 0.608. The van der Waals surface area contributed by atoms with Gasteiger partial charge in [-0.25, -0.2) is 0 Å². The molecular formula is C11H14S. The highest BCUT2D eigenvalue weighted by atomic mass is 32.1. The normalized spacial score (nSPS) is 11.8. The van der Waals surface area contributed by atoms with Gasteiger partial charge in [-0.15, -0.1) is 11.3 Å². The lowest BCUT2D eigenvalue weighted by molar-refractivity contribution is 0.959. The lowest BCUT2D eigenvalue weighted by Crippen LogP contribution is -1.59. The molecule has 1 aromatic heterocycles. The molecule has 1 aromatic rings. The van der Waals surface area contributed by atoms with Crippen LogP contribution in [-0.2, 0) is 0 Å². The summed E-state index contributed by atoms with van der Waals surface area (Å²) in [5.74, 6) is 0. The Labute approximate surface area is 78.2 Å². The summed E-state index contributed by atoms with van der Waals surface area (Å²) >= 11 is 1.77. The number of unbranched alkanes of at least 4 members (excludes halogenated alkanes) is 1. The number of allylic oxidation sites excluding steroid dienone is 3. The monoisotopic (exact) mass is 178 g/mol. The van der Waals surface area contributed by atoms with E-state index in [1.54, 1.807) is 11.3 Å². The van der Waals surface area contributed by atoms with Crippen LogP contribution in [0, 0.1) is 0 Å². The van der Waals surface area contributed by atoms with Crippen LogP contribution in [0.5, 0.6) is 0 Å². The molecule has 0 aliphatic rings. The fourth-order valence-corrected chi connectivity index (χ4v) is 1.51. The zero-order valence-corrected chi connectivity index (χ0v) is 8.18. The summed E-state index contributed by atoms with van der Waals surface area (Å²) in [5, 5.41) is 2.09. The van der Waals surface area contributed by atoms with Gasteiger partial charge in [0.1, 0.15) is 0 Å². The molecule has 0 unspecified atom stereocenters. The summed E-state index contributed by atoms with van der Waals surface area (Å²) in [6.45, 7) is 2.19. The first kappa shape index (κ1) is 9.27. The van der Waals surface area contributed by atoms with Gasteiger partial charge < -0.3 is 0 Å². The Morgan fingerprint density at radius 3 is 3.00 bits per heavy atom. The predicted octanol–water partition coefficient (Wildman–Crippen LogP) is 4.12. The fraction of sp³-hybridized carbons (Fsp3) is 0.273. The van der Waals surface area contributed by atoms with E-state index >= 15 is 0 Å². The molecule has 0 fully saturated rings. The summed E-state index contributed by atoms with van der Waals surface area (Å²) in [6.07, 6.45) is 10.9. The molecule has 0 N–H and O–H groups in total. The van der Waals surface area contributed by atoms with Gasteiger partial charge in [0, 0.05) is 4.88 Å². The molecule has 0 saturated heterocycles. The van der Waals surface area contributed by atoms with E-state index in [9.17, 15) is 0 Å². The van der Waals surface area contributed by atoms with Crippen LogP contribution >= 0.6 is 11.3 Å². The zero-order chi connectivity index (χ0) is 8.65. The third-order valence-corrected chi connectivity index (χ3v) is 2.34. The molecule has 12 heavy (non-hydrogen) atoms. The SMILES string of the molecule is CCC/C=C/C=C/c1cccs1. The van der Waals surface area contributed by atoms with Crippen molar-refractivity contribution < 1.29 is 0 Å². The summed E-state index contributed by atoms with van der Waals surface area (Å²) in [6, 6.07) is 4.19. The van der Waals surface area contributed by atoms with Crippen molar-refractivity contribution in [3.63, 3.8) is 0 Å². The smallest absolute Gasteiger partial charge is 0.0270 e. The minimum Gasteiger partial charge on any atom is -0.144 e. The van der Waals surface area contributed by atoms with Gasteiger partial charge in [-0.3, -0.25) is 0 Å². The van der Waals surface area contributed by atoms with Crippen molar-refractivity contribution in [2.75, 3.05) is 0 Å². The molecule has 0 atom stereocenters.